The van der Waals surface area contributed by atoms with Gasteiger partial charge in [-0.15, -0.1) is 10.2 Å². The Hall–Kier alpha value is -2.91. The Morgan fingerprint density at radius 1 is 1.06 bits per heavy atom. The van der Waals surface area contributed by atoms with Crippen LogP contribution in [-0.4, -0.2) is 21.9 Å². The smallest absolute Gasteiger partial charge is 0.419 e. The SMILES string of the molecule is CC(C)(CO)c1nnc(-c2ccc(OCc3cc4ccccc4o3)c(C(F)(F)F)c2)s1. The average Bonchev–Trinajstić information content (AvgIpc) is 3.39. The summed E-state index contributed by atoms with van der Waals surface area (Å²) in [5.74, 6) is 0.135. The molecule has 0 saturated heterocycles. The fourth-order valence-corrected chi connectivity index (χ4v) is 3.88. The minimum atomic E-state index is -4.61. The summed E-state index contributed by atoms with van der Waals surface area (Å²) in [6, 6.07) is 12.8. The number of benzene rings is 2. The molecule has 2 aromatic carbocycles. The van der Waals surface area contributed by atoms with E-state index < -0.39 is 17.2 Å². The summed E-state index contributed by atoms with van der Waals surface area (Å²) >= 11 is 1.15. The molecule has 0 atom stereocenters. The van der Waals surface area contributed by atoms with Gasteiger partial charge < -0.3 is 14.3 Å². The number of nitrogens with zero attached hydrogens (tertiary/aromatic N) is 2. The Morgan fingerprint density at radius 2 is 1.84 bits per heavy atom. The Morgan fingerprint density at radius 3 is 2.55 bits per heavy atom. The van der Waals surface area contributed by atoms with E-state index in [0.717, 1.165) is 22.8 Å². The van der Waals surface area contributed by atoms with Gasteiger partial charge in [0.1, 0.15) is 33.7 Å². The number of para-hydroxylation sites is 1. The fraction of sp³-hybridized carbons (Fsp3) is 0.273. The largest absolute Gasteiger partial charge is 0.485 e. The van der Waals surface area contributed by atoms with E-state index in [2.05, 4.69) is 10.2 Å². The van der Waals surface area contributed by atoms with Crippen LogP contribution < -0.4 is 4.74 Å². The van der Waals surface area contributed by atoms with Crippen molar-refractivity contribution in [1.82, 2.24) is 10.2 Å². The van der Waals surface area contributed by atoms with Crippen LogP contribution >= 0.6 is 11.3 Å². The molecular formula is C22H19F3N2O3S. The average molecular weight is 448 g/mol. The lowest BCUT2D eigenvalue weighted by atomic mass is 9.96. The summed E-state index contributed by atoms with van der Waals surface area (Å²) in [4.78, 5) is 0. The number of aliphatic hydroxyl groups is 1. The lowest BCUT2D eigenvalue weighted by Gasteiger charge is -2.16. The molecule has 0 bridgehead atoms. The second-order valence-corrected chi connectivity index (χ2v) is 8.68. The van der Waals surface area contributed by atoms with Crippen molar-refractivity contribution in [2.75, 3.05) is 6.61 Å². The summed E-state index contributed by atoms with van der Waals surface area (Å²) in [6.45, 7) is 3.29. The third-order valence-electron chi connectivity index (χ3n) is 4.78. The van der Waals surface area contributed by atoms with Gasteiger partial charge in [0, 0.05) is 16.4 Å². The molecule has 1 N–H and O–H groups in total. The number of rotatable bonds is 6. The Kier molecular flexibility index (Phi) is 5.49. The second-order valence-electron chi connectivity index (χ2n) is 7.70. The maximum atomic E-state index is 13.7. The fourth-order valence-electron chi connectivity index (χ4n) is 2.95. The predicted octanol–water partition coefficient (Wildman–Crippen LogP) is 5.82. The molecule has 5 nitrogen and oxygen atoms in total. The molecule has 31 heavy (non-hydrogen) atoms. The summed E-state index contributed by atoms with van der Waals surface area (Å²) in [7, 11) is 0. The summed E-state index contributed by atoms with van der Waals surface area (Å²) in [5, 5.41) is 19.3. The molecule has 4 aromatic rings. The topological polar surface area (TPSA) is 68.4 Å². The van der Waals surface area contributed by atoms with E-state index in [0.29, 0.717) is 21.4 Å². The minimum Gasteiger partial charge on any atom is -0.485 e. The zero-order chi connectivity index (χ0) is 22.2. The highest BCUT2D eigenvalue weighted by atomic mass is 32.1. The van der Waals surface area contributed by atoms with Gasteiger partial charge in [0.25, 0.3) is 0 Å². The molecular weight excluding hydrogens is 429 g/mol. The van der Waals surface area contributed by atoms with Crippen molar-refractivity contribution >= 4 is 22.3 Å². The van der Waals surface area contributed by atoms with E-state index >= 15 is 0 Å². The van der Waals surface area contributed by atoms with Gasteiger partial charge in [-0.05, 0) is 30.3 Å². The van der Waals surface area contributed by atoms with Crippen LogP contribution in [0.2, 0.25) is 0 Å². The summed E-state index contributed by atoms with van der Waals surface area (Å²) < 4.78 is 52.2. The number of ether oxygens (including phenoxy) is 1. The Balaban J connectivity index is 1.61. The first kappa shape index (κ1) is 21.3. The maximum Gasteiger partial charge on any atom is 0.419 e. The van der Waals surface area contributed by atoms with E-state index in [-0.39, 0.29) is 24.5 Å². The third kappa shape index (κ3) is 4.42. The third-order valence-corrected chi connectivity index (χ3v) is 6.12. The summed E-state index contributed by atoms with van der Waals surface area (Å²) in [5.41, 5.74) is -0.608. The quantitative estimate of drug-likeness (QED) is 0.403. The number of alkyl halides is 3. The molecule has 0 fully saturated rings. The molecule has 2 heterocycles. The van der Waals surface area contributed by atoms with Gasteiger partial charge >= 0.3 is 6.18 Å². The van der Waals surface area contributed by atoms with Crippen LogP contribution in [0.4, 0.5) is 13.2 Å². The molecule has 0 saturated carbocycles. The van der Waals surface area contributed by atoms with E-state index in [1.54, 1.807) is 26.0 Å². The van der Waals surface area contributed by atoms with Crippen LogP contribution in [-0.2, 0) is 18.2 Å². The number of hydrogen-bond acceptors (Lipinski definition) is 6. The van der Waals surface area contributed by atoms with Crippen molar-refractivity contribution in [1.29, 1.82) is 0 Å². The number of halogens is 3. The van der Waals surface area contributed by atoms with Crippen LogP contribution in [0.15, 0.2) is 52.9 Å². The number of aliphatic hydroxyl groups excluding tert-OH is 1. The normalized spacial score (nSPS) is 12.5. The predicted molar refractivity (Wildman–Crippen MR) is 111 cm³/mol. The van der Waals surface area contributed by atoms with Crippen molar-refractivity contribution in [2.45, 2.75) is 32.0 Å². The molecule has 9 heteroatoms. The van der Waals surface area contributed by atoms with Gasteiger partial charge in [-0.2, -0.15) is 13.2 Å². The molecule has 0 radical (unpaired) electrons. The standard InChI is InChI=1S/C22H19F3N2O3S/c1-21(2,12-28)20-27-26-19(31-20)14-7-8-18(16(10-14)22(23,24)25)29-11-15-9-13-5-3-4-6-17(13)30-15/h3-10,28H,11-12H2,1-2H3. The molecule has 0 spiro atoms. The molecule has 4 rings (SSSR count). The first-order valence-corrected chi connectivity index (χ1v) is 10.3. The van der Waals surface area contributed by atoms with Crippen LogP contribution in [0.5, 0.6) is 5.75 Å². The van der Waals surface area contributed by atoms with Crippen LogP contribution in [0.25, 0.3) is 21.5 Å². The van der Waals surface area contributed by atoms with Gasteiger partial charge in [-0.3, -0.25) is 0 Å². The Labute approximate surface area is 180 Å². The van der Waals surface area contributed by atoms with Gasteiger partial charge in [-0.1, -0.05) is 43.4 Å². The van der Waals surface area contributed by atoms with Crippen LogP contribution in [0.1, 0.15) is 30.2 Å². The molecule has 0 amide bonds. The maximum absolute atomic E-state index is 13.7. The highest BCUT2D eigenvalue weighted by Gasteiger charge is 2.35. The number of fused-ring (bicyclic) bond motifs is 1. The van der Waals surface area contributed by atoms with Gasteiger partial charge in [-0.25, -0.2) is 0 Å². The lowest BCUT2D eigenvalue weighted by Crippen LogP contribution is -2.21. The van der Waals surface area contributed by atoms with Gasteiger partial charge in [0.05, 0.1) is 12.2 Å². The monoisotopic (exact) mass is 448 g/mol. The minimum absolute atomic E-state index is 0.134. The lowest BCUT2D eigenvalue weighted by molar-refractivity contribution is -0.139. The second kappa shape index (κ2) is 7.97. The zero-order valence-electron chi connectivity index (χ0n) is 16.7. The van der Waals surface area contributed by atoms with Crippen LogP contribution in [0, 0.1) is 0 Å². The van der Waals surface area contributed by atoms with E-state index in [4.69, 9.17) is 9.15 Å². The van der Waals surface area contributed by atoms with E-state index in [1.807, 2.05) is 18.2 Å². The van der Waals surface area contributed by atoms with Gasteiger partial charge in [0.15, 0.2) is 0 Å². The van der Waals surface area contributed by atoms with Crippen molar-refractivity contribution < 1.29 is 27.4 Å². The molecule has 0 aliphatic carbocycles. The zero-order valence-corrected chi connectivity index (χ0v) is 17.5. The van der Waals surface area contributed by atoms with Crippen molar-refractivity contribution in [3.8, 4) is 16.3 Å². The van der Waals surface area contributed by atoms with Crippen molar-refractivity contribution in [3.05, 3.63) is 64.9 Å². The molecule has 162 valence electrons. The molecule has 0 unspecified atom stereocenters. The molecule has 0 aliphatic heterocycles. The van der Waals surface area contributed by atoms with E-state index in [1.165, 1.54) is 12.1 Å². The van der Waals surface area contributed by atoms with Crippen molar-refractivity contribution in [2.24, 2.45) is 0 Å². The number of hydrogen-bond donors (Lipinski definition) is 1. The summed E-state index contributed by atoms with van der Waals surface area (Å²) in [6.07, 6.45) is -4.61. The number of aromatic nitrogens is 2. The molecule has 0 aliphatic rings. The molecule has 2 aromatic heterocycles. The first-order valence-electron chi connectivity index (χ1n) is 9.44. The van der Waals surface area contributed by atoms with Gasteiger partial charge in [0.2, 0.25) is 0 Å². The first-order chi connectivity index (χ1) is 14.7. The highest BCUT2D eigenvalue weighted by Crippen LogP contribution is 2.40. The Bertz CT molecular complexity index is 1180. The van der Waals surface area contributed by atoms with Crippen LogP contribution in [0.3, 0.4) is 0 Å². The highest BCUT2D eigenvalue weighted by molar-refractivity contribution is 7.14. The van der Waals surface area contributed by atoms with Crippen molar-refractivity contribution in [3.63, 3.8) is 0 Å². The van der Waals surface area contributed by atoms with E-state index in [9.17, 15) is 18.3 Å². The number of furan rings is 1.